The van der Waals surface area contributed by atoms with Gasteiger partial charge in [0.2, 0.25) is 0 Å². The van der Waals surface area contributed by atoms with Crippen LogP contribution >= 0.6 is 15.9 Å². The third-order valence-corrected chi connectivity index (χ3v) is 3.00. The van der Waals surface area contributed by atoms with Gasteiger partial charge in [-0.25, -0.2) is 4.79 Å². The lowest BCUT2D eigenvalue weighted by Gasteiger charge is -2.26. The highest BCUT2D eigenvalue weighted by Crippen LogP contribution is 2.18. The van der Waals surface area contributed by atoms with Crippen molar-refractivity contribution in [2.45, 2.75) is 32.2 Å². The Morgan fingerprint density at radius 1 is 1.50 bits per heavy atom. The Hall–Kier alpha value is -1.30. The largest absolute Gasteiger partial charge is 0.467 e. The monoisotopic (exact) mass is 317 g/mol. The van der Waals surface area contributed by atoms with Crippen LogP contribution in [0.25, 0.3) is 0 Å². The van der Waals surface area contributed by atoms with Crippen molar-refractivity contribution in [3.8, 4) is 0 Å². The van der Waals surface area contributed by atoms with Gasteiger partial charge in [-0.2, -0.15) is 0 Å². The molecule has 1 heterocycles. The number of carbonyl (C=O) groups is 2. The molecule has 0 fully saturated rings. The fourth-order valence-electron chi connectivity index (χ4n) is 1.69. The number of carbonyl (C=O) groups excluding carboxylic acids is 2. The Morgan fingerprint density at radius 3 is 2.61 bits per heavy atom. The van der Waals surface area contributed by atoms with Gasteiger partial charge in [0.25, 0.3) is 5.91 Å². The van der Waals surface area contributed by atoms with Crippen LogP contribution in [0.3, 0.4) is 0 Å². The summed E-state index contributed by atoms with van der Waals surface area (Å²) in [5, 5.41) is 2.65. The van der Waals surface area contributed by atoms with Crippen LogP contribution in [0.5, 0.6) is 0 Å². The molecule has 100 valence electrons. The molecular weight excluding hydrogens is 302 g/mol. The Kier molecular flexibility index (Phi) is 4.95. The molecule has 1 aromatic rings. The SMILES string of the molecule is CCCC(C)(NC(=O)c1ccc(Br)o1)C(=O)OC. The van der Waals surface area contributed by atoms with Crippen molar-refractivity contribution >= 4 is 27.8 Å². The zero-order valence-corrected chi connectivity index (χ0v) is 12.2. The summed E-state index contributed by atoms with van der Waals surface area (Å²) in [5.74, 6) is -0.765. The number of hydrogen-bond donors (Lipinski definition) is 1. The number of hydrogen-bond acceptors (Lipinski definition) is 4. The van der Waals surface area contributed by atoms with E-state index < -0.39 is 17.4 Å². The fraction of sp³-hybridized carbons (Fsp3) is 0.500. The predicted molar refractivity (Wildman–Crippen MR) is 69.2 cm³/mol. The first kappa shape index (κ1) is 14.8. The van der Waals surface area contributed by atoms with E-state index in [1.165, 1.54) is 13.2 Å². The minimum absolute atomic E-state index is 0.146. The zero-order valence-electron chi connectivity index (χ0n) is 10.6. The average molecular weight is 318 g/mol. The summed E-state index contributed by atoms with van der Waals surface area (Å²) in [5.41, 5.74) is -1.04. The van der Waals surface area contributed by atoms with Crippen LogP contribution in [0, 0.1) is 0 Å². The molecule has 6 heteroatoms. The van der Waals surface area contributed by atoms with E-state index in [0.29, 0.717) is 11.1 Å². The van der Waals surface area contributed by atoms with E-state index in [0.717, 1.165) is 6.42 Å². The van der Waals surface area contributed by atoms with Crippen LogP contribution in [-0.4, -0.2) is 24.5 Å². The van der Waals surface area contributed by atoms with Crippen molar-refractivity contribution in [2.75, 3.05) is 7.11 Å². The molecule has 0 radical (unpaired) electrons. The van der Waals surface area contributed by atoms with Gasteiger partial charge in [-0.15, -0.1) is 0 Å². The maximum absolute atomic E-state index is 11.9. The molecule has 1 amide bonds. The number of ether oxygens (including phenoxy) is 1. The lowest BCUT2D eigenvalue weighted by atomic mass is 9.96. The smallest absolute Gasteiger partial charge is 0.331 e. The van der Waals surface area contributed by atoms with Crippen LogP contribution < -0.4 is 5.32 Å². The van der Waals surface area contributed by atoms with Gasteiger partial charge in [-0.1, -0.05) is 13.3 Å². The maximum atomic E-state index is 11.9. The number of furan rings is 1. The maximum Gasteiger partial charge on any atom is 0.331 e. The minimum Gasteiger partial charge on any atom is -0.467 e. The van der Waals surface area contributed by atoms with Gasteiger partial charge < -0.3 is 14.5 Å². The number of amides is 1. The summed E-state index contributed by atoms with van der Waals surface area (Å²) in [7, 11) is 1.30. The second-order valence-corrected chi connectivity index (χ2v) is 4.91. The van der Waals surface area contributed by atoms with Gasteiger partial charge in [0.15, 0.2) is 10.4 Å². The standard InChI is InChI=1S/C12H16BrNO4/c1-4-7-12(2,11(16)17-3)14-10(15)8-5-6-9(13)18-8/h5-6H,4,7H2,1-3H3,(H,14,15). The zero-order chi connectivity index (χ0) is 13.8. The van der Waals surface area contributed by atoms with E-state index in [9.17, 15) is 9.59 Å². The van der Waals surface area contributed by atoms with Gasteiger partial charge in [-0.3, -0.25) is 4.79 Å². The summed E-state index contributed by atoms with van der Waals surface area (Å²) >= 11 is 3.12. The first-order valence-electron chi connectivity index (χ1n) is 5.59. The van der Waals surface area contributed by atoms with Crippen molar-refractivity contribution in [3.05, 3.63) is 22.6 Å². The summed E-state index contributed by atoms with van der Waals surface area (Å²) < 4.78 is 10.3. The summed E-state index contributed by atoms with van der Waals surface area (Å²) in [6.45, 7) is 3.56. The van der Waals surface area contributed by atoms with Crippen LogP contribution in [0.2, 0.25) is 0 Å². The molecule has 5 nitrogen and oxygen atoms in total. The highest BCUT2D eigenvalue weighted by molar-refractivity contribution is 9.10. The van der Waals surface area contributed by atoms with Gasteiger partial charge >= 0.3 is 5.97 Å². The molecule has 1 atom stereocenters. The molecule has 1 rings (SSSR count). The normalized spacial score (nSPS) is 13.8. The Balaban J connectivity index is 2.84. The van der Waals surface area contributed by atoms with E-state index in [2.05, 4.69) is 21.2 Å². The van der Waals surface area contributed by atoms with Crippen molar-refractivity contribution in [1.29, 1.82) is 0 Å². The predicted octanol–water partition coefficient (Wildman–Crippen LogP) is 2.50. The molecule has 0 aromatic carbocycles. The molecule has 0 bridgehead atoms. The van der Waals surface area contributed by atoms with Gasteiger partial charge in [0.1, 0.15) is 5.54 Å². The number of rotatable bonds is 5. The highest BCUT2D eigenvalue weighted by Gasteiger charge is 2.35. The summed E-state index contributed by atoms with van der Waals surface area (Å²) in [6.07, 6.45) is 1.24. The first-order chi connectivity index (χ1) is 8.42. The molecule has 0 saturated carbocycles. The lowest BCUT2D eigenvalue weighted by Crippen LogP contribution is -2.52. The first-order valence-corrected chi connectivity index (χ1v) is 6.38. The van der Waals surface area contributed by atoms with Gasteiger partial charge in [-0.05, 0) is 41.4 Å². The van der Waals surface area contributed by atoms with Crippen LogP contribution in [-0.2, 0) is 9.53 Å². The average Bonchev–Trinajstić information content (AvgIpc) is 2.75. The van der Waals surface area contributed by atoms with E-state index in [-0.39, 0.29) is 5.76 Å². The molecule has 0 aliphatic heterocycles. The summed E-state index contributed by atoms with van der Waals surface area (Å²) in [6, 6.07) is 3.15. The number of halogens is 1. The molecule has 0 saturated heterocycles. The van der Waals surface area contributed by atoms with Crippen molar-refractivity contribution in [3.63, 3.8) is 0 Å². The van der Waals surface area contributed by atoms with E-state index >= 15 is 0 Å². The Labute approximate surface area is 114 Å². The third kappa shape index (κ3) is 3.35. The van der Waals surface area contributed by atoms with E-state index in [1.807, 2.05) is 6.92 Å². The van der Waals surface area contributed by atoms with Crippen LogP contribution in [0.15, 0.2) is 21.2 Å². The van der Waals surface area contributed by atoms with Crippen molar-refractivity contribution in [2.24, 2.45) is 0 Å². The van der Waals surface area contributed by atoms with Crippen LogP contribution in [0.4, 0.5) is 0 Å². The van der Waals surface area contributed by atoms with Gasteiger partial charge in [0.05, 0.1) is 7.11 Å². The van der Waals surface area contributed by atoms with E-state index in [1.54, 1.807) is 13.0 Å². The van der Waals surface area contributed by atoms with Crippen molar-refractivity contribution in [1.82, 2.24) is 5.32 Å². The molecular formula is C12H16BrNO4. The quantitative estimate of drug-likeness (QED) is 0.847. The molecule has 18 heavy (non-hydrogen) atoms. The number of esters is 1. The van der Waals surface area contributed by atoms with Crippen molar-refractivity contribution < 1.29 is 18.7 Å². The summed E-state index contributed by atoms with van der Waals surface area (Å²) in [4.78, 5) is 23.7. The topological polar surface area (TPSA) is 68.5 Å². The van der Waals surface area contributed by atoms with Crippen LogP contribution in [0.1, 0.15) is 37.2 Å². The Bertz CT molecular complexity index is 443. The number of methoxy groups -OCH3 is 1. The van der Waals surface area contributed by atoms with E-state index in [4.69, 9.17) is 9.15 Å². The molecule has 1 aromatic heterocycles. The second-order valence-electron chi connectivity index (χ2n) is 4.13. The third-order valence-electron chi connectivity index (χ3n) is 2.57. The molecule has 0 aliphatic carbocycles. The number of nitrogens with one attached hydrogen (secondary N) is 1. The fourth-order valence-corrected chi connectivity index (χ4v) is 2.00. The highest BCUT2D eigenvalue weighted by atomic mass is 79.9. The minimum atomic E-state index is -1.04. The molecule has 0 aliphatic rings. The Morgan fingerprint density at radius 2 is 2.17 bits per heavy atom. The molecule has 1 N–H and O–H groups in total. The lowest BCUT2D eigenvalue weighted by molar-refractivity contribution is -0.147. The second kappa shape index (κ2) is 6.04. The molecule has 1 unspecified atom stereocenters. The molecule has 0 spiro atoms. The van der Waals surface area contributed by atoms with Gasteiger partial charge in [0, 0.05) is 0 Å².